The third kappa shape index (κ3) is 2.57. The Morgan fingerprint density at radius 2 is 2.00 bits per heavy atom. The Bertz CT molecular complexity index is 396. The van der Waals surface area contributed by atoms with E-state index in [2.05, 4.69) is 17.1 Å². The van der Waals surface area contributed by atoms with Crippen LogP contribution in [0.2, 0.25) is 0 Å². The van der Waals surface area contributed by atoms with Gasteiger partial charge in [-0.1, -0.05) is 19.8 Å². The molecule has 0 bridgehead atoms. The van der Waals surface area contributed by atoms with Gasteiger partial charge in [-0.3, -0.25) is 9.59 Å². The molecule has 2 heterocycles. The fraction of sp³-hybridized carbons (Fsp3) is 0.875. The number of amides is 2. The van der Waals surface area contributed by atoms with E-state index in [0.29, 0.717) is 24.9 Å². The maximum absolute atomic E-state index is 12.8. The zero-order valence-electron chi connectivity index (χ0n) is 12.4. The van der Waals surface area contributed by atoms with E-state index < -0.39 is 0 Å². The molecule has 112 valence electrons. The van der Waals surface area contributed by atoms with Gasteiger partial charge in [-0.25, -0.2) is 0 Å². The van der Waals surface area contributed by atoms with E-state index in [1.807, 2.05) is 0 Å². The van der Waals surface area contributed by atoms with E-state index in [4.69, 9.17) is 0 Å². The molecule has 20 heavy (non-hydrogen) atoms. The first-order chi connectivity index (χ1) is 9.66. The van der Waals surface area contributed by atoms with E-state index in [0.717, 1.165) is 25.3 Å². The molecular formula is C16H26N2O2. The Balaban J connectivity index is 1.71. The van der Waals surface area contributed by atoms with Gasteiger partial charge in [0.05, 0.1) is 0 Å². The maximum Gasteiger partial charge on any atom is 0.226 e. The summed E-state index contributed by atoms with van der Waals surface area (Å²) < 4.78 is 0. The van der Waals surface area contributed by atoms with Crippen LogP contribution in [0.25, 0.3) is 0 Å². The van der Waals surface area contributed by atoms with Crippen molar-refractivity contribution in [1.82, 2.24) is 10.2 Å². The minimum absolute atomic E-state index is 0.0418. The van der Waals surface area contributed by atoms with Crippen molar-refractivity contribution in [3.63, 3.8) is 0 Å². The molecule has 2 aliphatic heterocycles. The number of carbonyl (C=O) groups excluding carboxylic acids is 2. The molecule has 0 aromatic rings. The monoisotopic (exact) mass is 278 g/mol. The zero-order chi connectivity index (χ0) is 14.1. The van der Waals surface area contributed by atoms with E-state index >= 15 is 0 Å². The molecule has 0 aromatic heterocycles. The summed E-state index contributed by atoms with van der Waals surface area (Å²) >= 11 is 0. The summed E-state index contributed by atoms with van der Waals surface area (Å²) in [7, 11) is 0. The quantitative estimate of drug-likeness (QED) is 0.797. The third-order valence-corrected chi connectivity index (χ3v) is 5.62. The van der Waals surface area contributed by atoms with Crippen molar-refractivity contribution in [3.8, 4) is 0 Å². The summed E-state index contributed by atoms with van der Waals surface area (Å²) in [6.45, 7) is 3.91. The van der Waals surface area contributed by atoms with Gasteiger partial charge in [0.25, 0.3) is 0 Å². The lowest BCUT2D eigenvalue weighted by molar-refractivity contribution is -0.146. The number of likely N-dealkylation sites (tertiary alicyclic amines) is 1. The average Bonchev–Trinajstić information content (AvgIpc) is 2.47. The fourth-order valence-corrected chi connectivity index (χ4v) is 4.42. The van der Waals surface area contributed by atoms with Crippen LogP contribution in [0.3, 0.4) is 0 Å². The molecule has 1 aliphatic carbocycles. The number of rotatable bonds is 1. The highest BCUT2D eigenvalue weighted by molar-refractivity contribution is 5.87. The van der Waals surface area contributed by atoms with E-state index in [-0.39, 0.29) is 17.7 Å². The molecule has 0 aromatic carbocycles. The van der Waals surface area contributed by atoms with Crippen LogP contribution in [-0.4, -0.2) is 35.8 Å². The molecule has 0 unspecified atom stereocenters. The summed E-state index contributed by atoms with van der Waals surface area (Å²) in [5.41, 5.74) is 0. The average molecular weight is 278 g/mol. The molecule has 4 atom stereocenters. The maximum atomic E-state index is 12.8. The van der Waals surface area contributed by atoms with Gasteiger partial charge in [0.2, 0.25) is 11.8 Å². The molecule has 3 fully saturated rings. The molecule has 4 nitrogen and oxygen atoms in total. The smallest absolute Gasteiger partial charge is 0.226 e. The first kappa shape index (κ1) is 13.9. The lowest BCUT2D eigenvalue weighted by Crippen LogP contribution is -2.55. The summed E-state index contributed by atoms with van der Waals surface area (Å²) in [5.74, 6) is 1.67. The fourth-order valence-electron chi connectivity index (χ4n) is 4.42. The second kappa shape index (κ2) is 5.74. The lowest BCUT2D eigenvalue weighted by Gasteiger charge is -2.48. The molecular weight excluding hydrogens is 252 g/mol. The predicted octanol–water partition coefficient (Wildman–Crippen LogP) is 1.94. The van der Waals surface area contributed by atoms with Crippen molar-refractivity contribution in [2.75, 3.05) is 13.1 Å². The first-order valence-corrected chi connectivity index (χ1v) is 8.24. The minimum Gasteiger partial charge on any atom is -0.356 e. The molecule has 0 spiro atoms. The van der Waals surface area contributed by atoms with Gasteiger partial charge < -0.3 is 10.2 Å². The zero-order valence-corrected chi connectivity index (χ0v) is 12.4. The number of piperidine rings is 2. The SMILES string of the molecule is C[C@H]1CCN(C(=O)[C@@H]2CCNC(=O)C2)[C@@H]2CCCC[C@H]21. The standard InChI is InChI=1S/C16H26N2O2/c1-11-7-9-18(14-5-3-2-4-13(11)14)16(20)12-6-8-17-15(19)10-12/h11-14H,2-10H2,1H3,(H,17,19)/t11-,12+,13-,14+/m0/s1. The number of fused-ring (bicyclic) bond motifs is 1. The van der Waals surface area contributed by atoms with Crippen LogP contribution in [0, 0.1) is 17.8 Å². The summed E-state index contributed by atoms with van der Waals surface area (Å²) in [4.78, 5) is 26.5. The Kier molecular flexibility index (Phi) is 3.99. The van der Waals surface area contributed by atoms with Crippen LogP contribution in [0.15, 0.2) is 0 Å². The van der Waals surface area contributed by atoms with Crippen molar-refractivity contribution < 1.29 is 9.59 Å². The van der Waals surface area contributed by atoms with Crippen LogP contribution in [0.1, 0.15) is 51.9 Å². The van der Waals surface area contributed by atoms with Crippen molar-refractivity contribution in [2.24, 2.45) is 17.8 Å². The van der Waals surface area contributed by atoms with E-state index in [9.17, 15) is 9.59 Å². The number of hydrogen-bond acceptors (Lipinski definition) is 2. The summed E-state index contributed by atoms with van der Waals surface area (Å²) in [6, 6.07) is 0.449. The molecule has 1 saturated carbocycles. The topological polar surface area (TPSA) is 49.4 Å². The van der Waals surface area contributed by atoms with Gasteiger partial charge >= 0.3 is 0 Å². The van der Waals surface area contributed by atoms with Crippen molar-refractivity contribution in [3.05, 3.63) is 0 Å². The molecule has 2 saturated heterocycles. The highest BCUT2D eigenvalue weighted by Crippen LogP contribution is 2.39. The Hall–Kier alpha value is -1.06. The van der Waals surface area contributed by atoms with Crippen LogP contribution in [0.4, 0.5) is 0 Å². The molecule has 2 amide bonds. The molecule has 0 radical (unpaired) electrons. The van der Waals surface area contributed by atoms with E-state index in [1.54, 1.807) is 0 Å². The van der Waals surface area contributed by atoms with Crippen LogP contribution in [0.5, 0.6) is 0 Å². The number of hydrogen-bond donors (Lipinski definition) is 1. The summed E-state index contributed by atoms with van der Waals surface area (Å²) in [5, 5.41) is 2.82. The van der Waals surface area contributed by atoms with Gasteiger partial charge in [0.1, 0.15) is 0 Å². The number of nitrogens with zero attached hydrogens (tertiary/aromatic N) is 1. The predicted molar refractivity (Wildman–Crippen MR) is 77.0 cm³/mol. The molecule has 3 rings (SSSR count). The molecule has 3 aliphatic rings. The number of carbonyl (C=O) groups is 2. The Morgan fingerprint density at radius 3 is 2.80 bits per heavy atom. The van der Waals surface area contributed by atoms with Crippen LogP contribution in [-0.2, 0) is 9.59 Å². The van der Waals surface area contributed by atoms with Gasteiger partial charge in [-0.15, -0.1) is 0 Å². The van der Waals surface area contributed by atoms with Gasteiger partial charge in [-0.2, -0.15) is 0 Å². The van der Waals surface area contributed by atoms with Crippen LogP contribution < -0.4 is 5.32 Å². The van der Waals surface area contributed by atoms with Gasteiger partial charge in [0.15, 0.2) is 0 Å². The minimum atomic E-state index is -0.0697. The Morgan fingerprint density at radius 1 is 1.20 bits per heavy atom. The third-order valence-electron chi connectivity index (χ3n) is 5.62. The molecule has 1 N–H and O–H groups in total. The Labute approximate surface area is 121 Å². The first-order valence-electron chi connectivity index (χ1n) is 8.24. The summed E-state index contributed by atoms with van der Waals surface area (Å²) in [6.07, 6.45) is 7.35. The normalized spacial score (nSPS) is 38.0. The van der Waals surface area contributed by atoms with Crippen LogP contribution >= 0.6 is 0 Å². The lowest BCUT2D eigenvalue weighted by atomic mass is 9.72. The van der Waals surface area contributed by atoms with Crippen molar-refractivity contribution in [1.29, 1.82) is 0 Å². The highest BCUT2D eigenvalue weighted by atomic mass is 16.2. The van der Waals surface area contributed by atoms with Crippen molar-refractivity contribution >= 4 is 11.8 Å². The second-order valence-corrected chi connectivity index (χ2v) is 6.85. The van der Waals surface area contributed by atoms with E-state index in [1.165, 1.54) is 25.7 Å². The number of nitrogens with one attached hydrogen (secondary N) is 1. The van der Waals surface area contributed by atoms with Crippen molar-refractivity contribution in [2.45, 2.75) is 57.9 Å². The second-order valence-electron chi connectivity index (χ2n) is 6.85. The molecule has 4 heteroatoms. The van der Waals surface area contributed by atoms with Gasteiger partial charge in [0, 0.05) is 31.5 Å². The highest BCUT2D eigenvalue weighted by Gasteiger charge is 2.41. The van der Waals surface area contributed by atoms with Gasteiger partial charge in [-0.05, 0) is 37.5 Å². The largest absolute Gasteiger partial charge is 0.356 e.